The molecule has 1 aromatic heterocycles. The van der Waals surface area contributed by atoms with Crippen molar-refractivity contribution in [2.45, 2.75) is 12.8 Å². The van der Waals surface area contributed by atoms with Crippen molar-refractivity contribution >= 4 is 56.6 Å². The number of nitrogens with two attached hydrogens (primary N) is 1. The normalized spacial score (nSPS) is 12.7. The van der Waals surface area contributed by atoms with Gasteiger partial charge in [0.15, 0.2) is 17.3 Å². The SMILES string of the molecule is Nc1c(C(=O)C2=Cc3cc(F)c(NS(=O)(=O)CCCF)cc3C2)cnn1-c1c(Cl)cc(Oc2cccc(F)c2F)cc1Cl. The largest absolute Gasteiger partial charge is 0.454 e. The first-order valence-electron chi connectivity index (χ1n) is 12.5. The number of hydrogen-bond acceptors (Lipinski definition) is 6. The summed E-state index contributed by atoms with van der Waals surface area (Å²) in [5.74, 6) is -4.72. The van der Waals surface area contributed by atoms with E-state index in [9.17, 15) is 30.8 Å². The zero-order valence-electron chi connectivity index (χ0n) is 21.8. The number of sulfonamides is 1. The summed E-state index contributed by atoms with van der Waals surface area (Å²) in [7, 11) is -3.97. The van der Waals surface area contributed by atoms with Crippen LogP contribution in [0.25, 0.3) is 11.8 Å². The van der Waals surface area contributed by atoms with Crippen LogP contribution in [0.3, 0.4) is 0 Å². The van der Waals surface area contributed by atoms with Gasteiger partial charge in [-0.2, -0.15) is 9.49 Å². The zero-order chi connectivity index (χ0) is 31.1. The highest BCUT2D eigenvalue weighted by Crippen LogP contribution is 2.38. The number of ketones is 1. The highest BCUT2D eigenvalue weighted by Gasteiger charge is 2.27. The molecule has 0 amide bonds. The van der Waals surface area contributed by atoms with Crippen LogP contribution in [0.1, 0.15) is 27.9 Å². The van der Waals surface area contributed by atoms with Crippen LogP contribution in [0.15, 0.2) is 54.2 Å². The van der Waals surface area contributed by atoms with Crippen LogP contribution in [0.2, 0.25) is 10.0 Å². The molecule has 0 radical (unpaired) electrons. The summed E-state index contributed by atoms with van der Waals surface area (Å²) in [6, 6.07) is 8.35. The lowest BCUT2D eigenvalue weighted by atomic mass is 10.0. The van der Waals surface area contributed by atoms with E-state index < -0.39 is 51.4 Å². The molecule has 8 nitrogen and oxygen atoms in total. The van der Waals surface area contributed by atoms with Crippen LogP contribution in [-0.4, -0.2) is 36.4 Å². The van der Waals surface area contributed by atoms with Crippen molar-refractivity contribution in [3.05, 3.63) is 98.4 Å². The molecule has 15 heteroatoms. The molecule has 3 aromatic carbocycles. The number of anilines is 2. The highest BCUT2D eigenvalue weighted by molar-refractivity contribution is 7.92. The average molecular weight is 655 g/mol. The molecule has 5 rings (SSSR count). The molecule has 1 aliphatic carbocycles. The number of ether oxygens (including phenoxy) is 1. The maximum absolute atomic E-state index is 14.6. The number of alkyl halides is 1. The van der Waals surface area contributed by atoms with Gasteiger partial charge in [0.2, 0.25) is 15.8 Å². The van der Waals surface area contributed by atoms with Crippen molar-refractivity contribution in [2.75, 3.05) is 22.9 Å². The van der Waals surface area contributed by atoms with Gasteiger partial charge in [-0.25, -0.2) is 21.9 Å². The number of carbonyl (C=O) groups is 1. The van der Waals surface area contributed by atoms with E-state index in [4.69, 9.17) is 33.7 Å². The third-order valence-electron chi connectivity index (χ3n) is 6.44. The van der Waals surface area contributed by atoms with Crippen molar-refractivity contribution in [1.29, 1.82) is 0 Å². The summed E-state index contributed by atoms with van der Waals surface area (Å²) in [5, 5.41) is 4.08. The van der Waals surface area contributed by atoms with Gasteiger partial charge < -0.3 is 10.5 Å². The second-order valence-corrected chi connectivity index (χ2v) is 12.1. The highest BCUT2D eigenvalue weighted by atomic mass is 35.5. The minimum Gasteiger partial charge on any atom is -0.454 e. The molecule has 0 fully saturated rings. The van der Waals surface area contributed by atoms with Gasteiger partial charge in [0.05, 0.1) is 39.9 Å². The molecule has 0 saturated heterocycles. The van der Waals surface area contributed by atoms with Crippen LogP contribution in [-0.2, 0) is 16.4 Å². The number of nitrogens with one attached hydrogen (secondary N) is 1. The van der Waals surface area contributed by atoms with Crippen LogP contribution in [0, 0.1) is 17.5 Å². The number of Topliss-reactive ketones (excluding diaryl/α,β-unsaturated/α-hetero) is 1. The smallest absolute Gasteiger partial charge is 0.232 e. The van der Waals surface area contributed by atoms with Crippen LogP contribution >= 0.6 is 23.2 Å². The van der Waals surface area contributed by atoms with Gasteiger partial charge in [0, 0.05) is 24.1 Å². The third-order valence-corrected chi connectivity index (χ3v) is 8.37. The van der Waals surface area contributed by atoms with Crippen molar-refractivity contribution in [1.82, 2.24) is 9.78 Å². The average Bonchev–Trinajstić information content (AvgIpc) is 3.52. The van der Waals surface area contributed by atoms with E-state index >= 15 is 0 Å². The minimum atomic E-state index is -3.97. The molecule has 0 bridgehead atoms. The Kier molecular flexibility index (Phi) is 8.41. The van der Waals surface area contributed by atoms with E-state index in [1.807, 2.05) is 0 Å². The molecule has 0 saturated carbocycles. The zero-order valence-corrected chi connectivity index (χ0v) is 24.1. The number of halogens is 6. The maximum Gasteiger partial charge on any atom is 0.232 e. The second-order valence-electron chi connectivity index (χ2n) is 9.41. The second kappa shape index (κ2) is 11.9. The molecule has 0 unspecified atom stereocenters. The molecule has 1 heterocycles. The number of rotatable bonds is 10. The predicted molar refractivity (Wildman–Crippen MR) is 155 cm³/mol. The van der Waals surface area contributed by atoms with Crippen LogP contribution < -0.4 is 15.2 Å². The van der Waals surface area contributed by atoms with Gasteiger partial charge in [-0.15, -0.1) is 0 Å². The van der Waals surface area contributed by atoms with Crippen molar-refractivity contribution in [2.24, 2.45) is 0 Å². The Bertz CT molecular complexity index is 1890. The Morgan fingerprint density at radius 3 is 2.51 bits per heavy atom. The summed E-state index contributed by atoms with van der Waals surface area (Å²) < 4.78 is 87.5. The Balaban J connectivity index is 1.37. The fourth-order valence-electron chi connectivity index (χ4n) is 4.43. The van der Waals surface area contributed by atoms with Crippen molar-refractivity contribution in [3.8, 4) is 17.2 Å². The number of allylic oxidation sites excluding steroid dienone is 1. The van der Waals surface area contributed by atoms with E-state index in [-0.39, 0.29) is 57.0 Å². The Morgan fingerprint density at radius 2 is 1.81 bits per heavy atom. The fraction of sp³-hybridized carbons (Fsp3) is 0.143. The molecular formula is C28H20Cl2F4N4O4S. The van der Waals surface area contributed by atoms with Gasteiger partial charge in [0.25, 0.3) is 0 Å². The number of nitrogen functional groups attached to an aromatic ring is 1. The molecular weight excluding hydrogens is 635 g/mol. The lowest BCUT2D eigenvalue weighted by Crippen LogP contribution is -2.18. The first kappa shape index (κ1) is 30.4. The quantitative estimate of drug-likeness (QED) is 0.142. The topological polar surface area (TPSA) is 116 Å². The molecule has 1 aliphatic rings. The van der Waals surface area contributed by atoms with Crippen molar-refractivity contribution < 1.29 is 35.5 Å². The van der Waals surface area contributed by atoms with E-state index in [2.05, 4.69) is 9.82 Å². The summed E-state index contributed by atoms with van der Waals surface area (Å²) in [5.41, 5.74) is 7.09. The number of benzene rings is 3. The number of nitrogens with zero attached hydrogens (tertiary/aromatic N) is 2. The molecule has 3 N–H and O–H groups in total. The number of aromatic nitrogens is 2. The Labute approximate surface area is 252 Å². The first-order chi connectivity index (χ1) is 20.4. The van der Waals surface area contributed by atoms with Crippen molar-refractivity contribution in [3.63, 3.8) is 0 Å². The summed E-state index contributed by atoms with van der Waals surface area (Å²) in [6.07, 6.45) is 2.46. The predicted octanol–water partition coefficient (Wildman–Crippen LogP) is 6.89. The van der Waals surface area contributed by atoms with E-state index in [1.165, 1.54) is 42.6 Å². The van der Waals surface area contributed by atoms with Crippen LogP contribution in [0.5, 0.6) is 11.5 Å². The van der Waals surface area contributed by atoms with Crippen LogP contribution in [0.4, 0.5) is 29.1 Å². The summed E-state index contributed by atoms with van der Waals surface area (Å²) >= 11 is 12.8. The number of hydrogen-bond donors (Lipinski definition) is 2. The number of carbonyl (C=O) groups excluding carboxylic acids is 1. The van der Waals surface area contributed by atoms with E-state index in [0.29, 0.717) is 11.1 Å². The Hall–Kier alpha value is -4.07. The lowest BCUT2D eigenvalue weighted by molar-refractivity contribution is 0.103. The van der Waals surface area contributed by atoms with E-state index in [0.717, 1.165) is 16.8 Å². The van der Waals surface area contributed by atoms with Gasteiger partial charge in [0.1, 0.15) is 23.1 Å². The molecule has 0 spiro atoms. The van der Waals surface area contributed by atoms with Gasteiger partial charge in [-0.3, -0.25) is 13.9 Å². The molecule has 224 valence electrons. The monoisotopic (exact) mass is 654 g/mol. The molecule has 0 aliphatic heterocycles. The van der Waals surface area contributed by atoms with Gasteiger partial charge in [-0.05, 0) is 47.9 Å². The lowest BCUT2D eigenvalue weighted by Gasteiger charge is -2.13. The van der Waals surface area contributed by atoms with Gasteiger partial charge in [-0.1, -0.05) is 29.3 Å². The van der Waals surface area contributed by atoms with E-state index in [1.54, 1.807) is 0 Å². The number of fused-ring (bicyclic) bond motifs is 1. The standard InChI is InChI=1S/C28H20Cl2F4N4O4S/c29-19-11-17(42-24-4-1-3-21(32)25(24)34)12-20(30)26(19)38-28(35)18(13-36-38)27(39)16-7-14-9-22(33)23(10-15(14)8-16)37-43(40,41)6-2-5-31/h1,3-4,7,9-13,37H,2,5-6,8,35H2. The maximum atomic E-state index is 14.6. The molecule has 43 heavy (non-hydrogen) atoms. The summed E-state index contributed by atoms with van der Waals surface area (Å²) in [6.45, 7) is -0.835. The minimum absolute atomic E-state index is 0.00421. The third kappa shape index (κ3) is 6.19. The summed E-state index contributed by atoms with van der Waals surface area (Å²) in [4.78, 5) is 13.4. The molecule has 4 aromatic rings. The first-order valence-corrected chi connectivity index (χ1v) is 14.9. The Morgan fingerprint density at radius 1 is 1.09 bits per heavy atom. The fourth-order valence-corrected chi connectivity index (χ4v) is 6.14. The molecule has 0 atom stereocenters. The van der Waals surface area contributed by atoms with Gasteiger partial charge >= 0.3 is 0 Å².